The largest absolute Gasteiger partial charge is 0.502 e. The van der Waals surface area contributed by atoms with Crippen LogP contribution in [0.3, 0.4) is 0 Å². The van der Waals surface area contributed by atoms with Crippen LogP contribution in [0.15, 0.2) is 52.4 Å². The van der Waals surface area contributed by atoms with Crippen molar-refractivity contribution in [2.45, 2.75) is 6.92 Å². The summed E-state index contributed by atoms with van der Waals surface area (Å²) in [4.78, 5) is 28.9. The maximum Gasteiger partial charge on any atom is 0.311 e. The fourth-order valence-electron chi connectivity index (χ4n) is 2.45. The lowest BCUT2D eigenvalue weighted by Gasteiger charge is -2.11. The summed E-state index contributed by atoms with van der Waals surface area (Å²) in [5.74, 6) is -1.21. The maximum absolute atomic E-state index is 13.0. The summed E-state index contributed by atoms with van der Waals surface area (Å²) in [6.07, 6.45) is 1.39. The lowest BCUT2D eigenvalue weighted by Crippen LogP contribution is -2.28. The van der Waals surface area contributed by atoms with E-state index < -0.39 is 16.4 Å². The second kappa shape index (κ2) is 7.58. The molecule has 0 aromatic heterocycles. The van der Waals surface area contributed by atoms with Crippen LogP contribution in [-0.2, 0) is 4.79 Å². The fraction of sp³-hybridized carbons (Fsp3) is 0.111. The average Bonchev–Trinajstić information content (AvgIpc) is 2.93. The monoisotopic (exact) mass is 387 g/mol. The number of nitrogens with zero attached hydrogens (tertiary/aromatic N) is 3. The van der Waals surface area contributed by atoms with E-state index in [4.69, 9.17) is 0 Å². The number of rotatable bonds is 4. The van der Waals surface area contributed by atoms with Gasteiger partial charge in [0, 0.05) is 18.2 Å². The van der Waals surface area contributed by atoms with E-state index in [-0.39, 0.29) is 22.2 Å². The van der Waals surface area contributed by atoms with E-state index >= 15 is 0 Å². The zero-order chi connectivity index (χ0) is 19.6. The SMILES string of the molecule is CCN1C(=O)/C(=C\c2cccc([N+](=O)[O-])c2O)SC1=Nc1ccc(F)cc1. The van der Waals surface area contributed by atoms with Gasteiger partial charge in [0.15, 0.2) is 5.17 Å². The molecule has 1 heterocycles. The fourth-order valence-corrected chi connectivity index (χ4v) is 3.50. The van der Waals surface area contributed by atoms with Gasteiger partial charge in [-0.2, -0.15) is 0 Å². The minimum Gasteiger partial charge on any atom is -0.502 e. The molecule has 27 heavy (non-hydrogen) atoms. The first-order valence-corrected chi connectivity index (χ1v) is 8.74. The van der Waals surface area contributed by atoms with Crippen LogP contribution in [0.25, 0.3) is 6.08 Å². The van der Waals surface area contributed by atoms with Crippen molar-refractivity contribution in [3.63, 3.8) is 0 Å². The number of benzene rings is 2. The van der Waals surface area contributed by atoms with Gasteiger partial charge in [0.1, 0.15) is 5.82 Å². The van der Waals surface area contributed by atoms with Gasteiger partial charge in [0.05, 0.1) is 15.5 Å². The van der Waals surface area contributed by atoms with Gasteiger partial charge in [-0.3, -0.25) is 19.8 Å². The molecule has 1 fully saturated rings. The molecule has 1 N–H and O–H groups in total. The molecule has 9 heteroatoms. The Kier molecular flexibility index (Phi) is 5.22. The summed E-state index contributed by atoms with van der Waals surface area (Å²) in [7, 11) is 0. The van der Waals surface area contributed by atoms with E-state index in [0.717, 1.165) is 11.8 Å². The van der Waals surface area contributed by atoms with Crippen LogP contribution in [-0.4, -0.2) is 32.5 Å². The van der Waals surface area contributed by atoms with Gasteiger partial charge in [-0.15, -0.1) is 0 Å². The molecule has 1 aliphatic heterocycles. The predicted octanol–water partition coefficient (Wildman–Crippen LogP) is 4.06. The van der Waals surface area contributed by atoms with Gasteiger partial charge in [-0.05, 0) is 49.0 Å². The Balaban J connectivity index is 1.97. The Bertz CT molecular complexity index is 973. The van der Waals surface area contributed by atoms with E-state index in [0.29, 0.717) is 17.4 Å². The van der Waals surface area contributed by atoms with E-state index in [2.05, 4.69) is 4.99 Å². The number of carbonyl (C=O) groups is 1. The number of thioether (sulfide) groups is 1. The molecule has 0 bridgehead atoms. The summed E-state index contributed by atoms with van der Waals surface area (Å²) < 4.78 is 13.0. The molecule has 2 aromatic carbocycles. The highest BCUT2D eigenvalue weighted by Crippen LogP contribution is 2.37. The van der Waals surface area contributed by atoms with Gasteiger partial charge in [0.2, 0.25) is 5.75 Å². The number of phenolic OH excluding ortho intramolecular Hbond substituents is 1. The predicted molar refractivity (Wildman–Crippen MR) is 101 cm³/mol. The second-order valence-electron chi connectivity index (χ2n) is 5.50. The number of para-hydroxylation sites is 1. The number of phenols is 1. The molecule has 0 unspecified atom stereocenters. The van der Waals surface area contributed by atoms with E-state index in [1.165, 1.54) is 53.4 Å². The Morgan fingerprint density at radius 2 is 2.00 bits per heavy atom. The number of aliphatic imine (C=N–C) groups is 1. The molecule has 1 saturated heterocycles. The van der Waals surface area contributed by atoms with Crippen molar-refractivity contribution >= 4 is 40.3 Å². The molecule has 0 radical (unpaired) electrons. The van der Waals surface area contributed by atoms with Crippen LogP contribution in [0.1, 0.15) is 12.5 Å². The van der Waals surface area contributed by atoms with E-state index in [1.54, 1.807) is 6.92 Å². The van der Waals surface area contributed by atoms with E-state index in [1.807, 2.05) is 0 Å². The minimum absolute atomic E-state index is 0.166. The van der Waals surface area contributed by atoms with E-state index in [9.17, 15) is 24.4 Å². The average molecular weight is 387 g/mol. The van der Waals surface area contributed by atoms with Gasteiger partial charge < -0.3 is 5.11 Å². The minimum atomic E-state index is -0.694. The summed E-state index contributed by atoms with van der Waals surface area (Å²) in [5.41, 5.74) is 0.219. The number of halogens is 1. The number of hydrogen-bond donors (Lipinski definition) is 1. The normalized spacial score (nSPS) is 17.1. The number of nitro benzene ring substituents is 1. The lowest BCUT2D eigenvalue weighted by atomic mass is 10.1. The van der Waals surface area contributed by atoms with Crippen molar-refractivity contribution in [1.82, 2.24) is 4.90 Å². The molecular weight excluding hydrogens is 373 g/mol. The number of nitro groups is 1. The molecule has 0 saturated carbocycles. The Morgan fingerprint density at radius 1 is 1.30 bits per heavy atom. The summed E-state index contributed by atoms with van der Waals surface area (Å²) in [5, 5.41) is 21.4. The zero-order valence-corrected chi connectivity index (χ0v) is 14.9. The Hall–Kier alpha value is -3.20. The van der Waals surface area contributed by atoms with Crippen LogP contribution in [0.2, 0.25) is 0 Å². The first-order chi connectivity index (χ1) is 12.9. The molecular formula is C18H14FN3O4S. The van der Waals surface area contributed by atoms with Gasteiger partial charge in [0.25, 0.3) is 5.91 Å². The molecule has 3 rings (SSSR count). The second-order valence-corrected chi connectivity index (χ2v) is 6.51. The third-order valence-electron chi connectivity index (χ3n) is 3.78. The number of amidine groups is 1. The molecule has 0 spiro atoms. The number of amides is 1. The molecule has 1 aliphatic rings. The van der Waals surface area contributed by atoms with Gasteiger partial charge >= 0.3 is 5.69 Å². The van der Waals surface area contributed by atoms with Crippen LogP contribution >= 0.6 is 11.8 Å². The summed E-state index contributed by atoms with van der Waals surface area (Å²) in [6, 6.07) is 9.63. The molecule has 0 atom stereocenters. The molecule has 0 aliphatic carbocycles. The third-order valence-corrected chi connectivity index (χ3v) is 4.79. The Labute approximate surface area is 158 Å². The van der Waals surface area contributed by atoms with Gasteiger partial charge in [-0.25, -0.2) is 9.38 Å². The molecule has 138 valence electrons. The van der Waals surface area contributed by atoms with Crippen LogP contribution < -0.4 is 0 Å². The van der Waals surface area contributed by atoms with Crippen molar-refractivity contribution < 1.29 is 19.2 Å². The number of carbonyl (C=O) groups excluding carboxylic acids is 1. The summed E-state index contributed by atoms with van der Waals surface area (Å²) in [6.45, 7) is 2.15. The van der Waals surface area contributed by atoms with Crippen LogP contribution in [0, 0.1) is 15.9 Å². The standard InChI is InChI=1S/C18H14FN3O4S/c1-2-21-17(24)15(10-11-4-3-5-14(16(11)23)22(25)26)27-18(21)20-13-8-6-12(19)7-9-13/h3-10,23H,2H2,1H3/b15-10+,20-18?. The number of hydrogen-bond acceptors (Lipinski definition) is 6. The van der Waals surface area contributed by atoms with Crippen molar-refractivity contribution in [3.8, 4) is 5.75 Å². The van der Waals surface area contributed by atoms with Crippen molar-refractivity contribution in [3.05, 3.63) is 68.9 Å². The van der Waals surface area contributed by atoms with Gasteiger partial charge in [-0.1, -0.05) is 12.1 Å². The lowest BCUT2D eigenvalue weighted by molar-refractivity contribution is -0.385. The van der Waals surface area contributed by atoms with Crippen molar-refractivity contribution in [1.29, 1.82) is 0 Å². The first-order valence-electron chi connectivity index (χ1n) is 7.92. The van der Waals surface area contributed by atoms with Crippen molar-refractivity contribution in [2.75, 3.05) is 6.54 Å². The molecule has 1 amide bonds. The quantitative estimate of drug-likeness (QED) is 0.485. The zero-order valence-electron chi connectivity index (χ0n) is 14.1. The molecule has 2 aromatic rings. The highest BCUT2D eigenvalue weighted by molar-refractivity contribution is 8.18. The maximum atomic E-state index is 13.0. The highest BCUT2D eigenvalue weighted by Gasteiger charge is 2.32. The van der Waals surface area contributed by atoms with Crippen LogP contribution in [0.5, 0.6) is 5.75 Å². The first kappa shape index (κ1) is 18.6. The smallest absolute Gasteiger partial charge is 0.311 e. The highest BCUT2D eigenvalue weighted by atomic mass is 32.2. The number of aromatic hydroxyl groups is 1. The summed E-state index contributed by atoms with van der Waals surface area (Å²) >= 11 is 1.08. The Morgan fingerprint density at radius 3 is 2.63 bits per heavy atom. The third kappa shape index (κ3) is 3.82. The number of likely N-dealkylation sites (N-methyl/N-ethyl adjacent to an activating group) is 1. The molecule has 7 nitrogen and oxygen atoms in total. The van der Waals surface area contributed by atoms with Crippen LogP contribution in [0.4, 0.5) is 15.8 Å². The van der Waals surface area contributed by atoms with Crippen molar-refractivity contribution in [2.24, 2.45) is 4.99 Å². The topological polar surface area (TPSA) is 96.0 Å².